The normalized spacial score (nSPS) is 13.5. The molecule has 0 aromatic heterocycles. The molecular formula is C9H10O3. The summed E-state index contributed by atoms with van der Waals surface area (Å²) in [4.78, 5) is 0. The van der Waals surface area contributed by atoms with Crippen molar-refractivity contribution in [3.05, 3.63) is 23.3 Å². The third-order valence-corrected chi connectivity index (χ3v) is 2.07. The number of ether oxygens (including phenoxy) is 2. The van der Waals surface area contributed by atoms with Crippen molar-refractivity contribution in [3.8, 4) is 11.5 Å². The zero-order valence-corrected chi connectivity index (χ0v) is 6.83. The first-order chi connectivity index (χ1) is 5.83. The van der Waals surface area contributed by atoms with E-state index >= 15 is 0 Å². The van der Waals surface area contributed by atoms with Crippen molar-refractivity contribution < 1.29 is 14.6 Å². The van der Waals surface area contributed by atoms with Gasteiger partial charge in [0.2, 0.25) is 6.79 Å². The number of aliphatic hydroxyl groups excluding tert-OH is 1. The fourth-order valence-electron chi connectivity index (χ4n) is 1.32. The Hall–Kier alpha value is -1.22. The van der Waals surface area contributed by atoms with Gasteiger partial charge in [-0.3, -0.25) is 0 Å². The first kappa shape index (κ1) is 7.43. The Morgan fingerprint density at radius 3 is 3.00 bits per heavy atom. The molecule has 64 valence electrons. The highest BCUT2D eigenvalue weighted by molar-refractivity contribution is 5.51. The predicted molar refractivity (Wildman–Crippen MR) is 43.2 cm³/mol. The van der Waals surface area contributed by atoms with Gasteiger partial charge in [-0.1, -0.05) is 6.07 Å². The summed E-state index contributed by atoms with van der Waals surface area (Å²) in [6, 6.07) is 3.67. The molecule has 0 aliphatic carbocycles. The summed E-state index contributed by atoms with van der Waals surface area (Å²) >= 11 is 0. The second kappa shape index (κ2) is 2.68. The van der Waals surface area contributed by atoms with Gasteiger partial charge in [0.1, 0.15) is 0 Å². The molecule has 0 radical (unpaired) electrons. The molecule has 0 unspecified atom stereocenters. The van der Waals surface area contributed by atoms with Crippen molar-refractivity contribution in [3.63, 3.8) is 0 Å². The van der Waals surface area contributed by atoms with E-state index in [1.54, 1.807) is 0 Å². The van der Waals surface area contributed by atoms with Crippen LogP contribution in [0.3, 0.4) is 0 Å². The van der Waals surface area contributed by atoms with E-state index < -0.39 is 0 Å². The molecule has 12 heavy (non-hydrogen) atoms. The largest absolute Gasteiger partial charge is 0.454 e. The van der Waals surface area contributed by atoms with Crippen molar-refractivity contribution >= 4 is 0 Å². The van der Waals surface area contributed by atoms with E-state index in [0.29, 0.717) is 0 Å². The molecule has 1 aliphatic rings. The van der Waals surface area contributed by atoms with E-state index in [1.807, 2.05) is 19.1 Å². The Balaban J connectivity index is 2.54. The fraction of sp³-hybridized carbons (Fsp3) is 0.333. The molecule has 0 amide bonds. The number of fused-ring (bicyclic) bond motifs is 1. The molecule has 1 heterocycles. The minimum atomic E-state index is 0.0441. The van der Waals surface area contributed by atoms with Gasteiger partial charge in [-0.25, -0.2) is 0 Å². The Labute approximate surface area is 70.5 Å². The molecule has 1 aromatic rings. The summed E-state index contributed by atoms with van der Waals surface area (Å²) < 4.78 is 10.4. The van der Waals surface area contributed by atoms with E-state index in [0.717, 1.165) is 22.6 Å². The van der Waals surface area contributed by atoms with Crippen molar-refractivity contribution in [2.24, 2.45) is 0 Å². The van der Waals surface area contributed by atoms with E-state index in [9.17, 15) is 0 Å². The van der Waals surface area contributed by atoms with E-state index in [-0.39, 0.29) is 13.4 Å². The second-order valence-corrected chi connectivity index (χ2v) is 2.74. The van der Waals surface area contributed by atoms with Crippen LogP contribution in [0.2, 0.25) is 0 Å². The van der Waals surface area contributed by atoms with Crippen LogP contribution in [0.4, 0.5) is 0 Å². The maximum Gasteiger partial charge on any atom is 0.231 e. The average molecular weight is 166 g/mol. The number of aliphatic hydroxyl groups is 1. The number of hydrogen-bond donors (Lipinski definition) is 1. The zero-order valence-electron chi connectivity index (χ0n) is 6.83. The van der Waals surface area contributed by atoms with Crippen LogP contribution < -0.4 is 9.47 Å². The van der Waals surface area contributed by atoms with E-state index in [1.165, 1.54) is 0 Å². The Morgan fingerprint density at radius 1 is 1.42 bits per heavy atom. The quantitative estimate of drug-likeness (QED) is 0.681. The lowest BCUT2D eigenvalue weighted by Gasteiger charge is -2.04. The summed E-state index contributed by atoms with van der Waals surface area (Å²) in [6.45, 7) is 2.24. The van der Waals surface area contributed by atoms with Gasteiger partial charge in [-0.15, -0.1) is 0 Å². The standard InChI is InChI=1S/C9H10O3/c1-6-7(4-10)2-3-8-9(6)12-5-11-8/h2-3,10H,4-5H2,1H3. The van der Waals surface area contributed by atoms with Crippen LogP contribution >= 0.6 is 0 Å². The Morgan fingerprint density at radius 2 is 2.25 bits per heavy atom. The van der Waals surface area contributed by atoms with Crippen LogP contribution in [0.5, 0.6) is 11.5 Å². The molecule has 2 rings (SSSR count). The van der Waals surface area contributed by atoms with Gasteiger partial charge in [0.05, 0.1) is 6.61 Å². The van der Waals surface area contributed by atoms with Crippen molar-refractivity contribution in [2.45, 2.75) is 13.5 Å². The fourth-order valence-corrected chi connectivity index (χ4v) is 1.32. The maximum atomic E-state index is 8.95. The van der Waals surface area contributed by atoms with Gasteiger partial charge >= 0.3 is 0 Å². The molecule has 1 aromatic carbocycles. The molecule has 0 bridgehead atoms. The lowest BCUT2D eigenvalue weighted by atomic mass is 10.1. The van der Waals surface area contributed by atoms with Crippen LogP contribution in [0.25, 0.3) is 0 Å². The smallest absolute Gasteiger partial charge is 0.231 e. The topological polar surface area (TPSA) is 38.7 Å². The maximum absolute atomic E-state index is 8.95. The summed E-state index contributed by atoms with van der Waals surface area (Å²) in [5, 5.41) is 8.95. The molecule has 0 atom stereocenters. The van der Waals surface area contributed by atoms with Crippen molar-refractivity contribution in [1.29, 1.82) is 0 Å². The molecule has 0 saturated carbocycles. The van der Waals surface area contributed by atoms with Gasteiger partial charge in [0.15, 0.2) is 11.5 Å². The molecule has 3 nitrogen and oxygen atoms in total. The summed E-state index contributed by atoms with van der Waals surface area (Å²) in [7, 11) is 0. The summed E-state index contributed by atoms with van der Waals surface area (Å²) in [5.74, 6) is 1.53. The van der Waals surface area contributed by atoms with Crippen molar-refractivity contribution in [2.75, 3.05) is 6.79 Å². The first-order valence-electron chi connectivity index (χ1n) is 3.82. The number of benzene rings is 1. The summed E-state index contributed by atoms with van der Waals surface area (Å²) in [5.41, 5.74) is 1.85. The van der Waals surface area contributed by atoms with Gasteiger partial charge in [0, 0.05) is 5.56 Å². The highest BCUT2D eigenvalue weighted by Gasteiger charge is 2.17. The molecule has 0 spiro atoms. The second-order valence-electron chi connectivity index (χ2n) is 2.74. The van der Waals surface area contributed by atoms with Gasteiger partial charge in [0.25, 0.3) is 0 Å². The van der Waals surface area contributed by atoms with Crippen LogP contribution in [0, 0.1) is 6.92 Å². The third kappa shape index (κ3) is 0.940. The number of hydrogen-bond acceptors (Lipinski definition) is 3. The van der Waals surface area contributed by atoms with Crippen LogP contribution in [0.15, 0.2) is 12.1 Å². The molecule has 1 N–H and O–H groups in total. The Bertz CT molecular complexity index is 307. The van der Waals surface area contributed by atoms with E-state index in [4.69, 9.17) is 14.6 Å². The lowest BCUT2D eigenvalue weighted by Crippen LogP contribution is -1.94. The van der Waals surface area contributed by atoms with Gasteiger partial charge in [-0.05, 0) is 18.6 Å². The van der Waals surface area contributed by atoms with Gasteiger partial charge in [-0.2, -0.15) is 0 Å². The van der Waals surface area contributed by atoms with Crippen LogP contribution in [-0.4, -0.2) is 11.9 Å². The lowest BCUT2D eigenvalue weighted by molar-refractivity contribution is 0.173. The minimum absolute atomic E-state index is 0.0441. The molecule has 3 heteroatoms. The SMILES string of the molecule is Cc1c(CO)ccc2c1OCO2. The molecular weight excluding hydrogens is 156 g/mol. The van der Waals surface area contributed by atoms with Crippen LogP contribution in [-0.2, 0) is 6.61 Å². The third-order valence-electron chi connectivity index (χ3n) is 2.07. The zero-order chi connectivity index (χ0) is 8.55. The van der Waals surface area contributed by atoms with Crippen LogP contribution in [0.1, 0.15) is 11.1 Å². The highest BCUT2D eigenvalue weighted by Crippen LogP contribution is 2.36. The average Bonchev–Trinajstić information content (AvgIpc) is 2.53. The minimum Gasteiger partial charge on any atom is -0.454 e. The monoisotopic (exact) mass is 166 g/mol. The summed E-state index contributed by atoms with van der Waals surface area (Å²) in [6.07, 6.45) is 0. The highest BCUT2D eigenvalue weighted by atomic mass is 16.7. The Kier molecular flexibility index (Phi) is 1.66. The molecule has 0 saturated heterocycles. The van der Waals surface area contributed by atoms with E-state index in [2.05, 4.69) is 0 Å². The van der Waals surface area contributed by atoms with Crippen molar-refractivity contribution in [1.82, 2.24) is 0 Å². The molecule has 0 fully saturated rings. The molecule has 1 aliphatic heterocycles. The number of rotatable bonds is 1. The predicted octanol–water partition coefficient (Wildman–Crippen LogP) is 1.22. The first-order valence-corrected chi connectivity index (χ1v) is 3.82. The van der Waals surface area contributed by atoms with Gasteiger partial charge < -0.3 is 14.6 Å².